The molecule has 0 amide bonds. The number of benzene rings is 1. The highest BCUT2D eigenvalue weighted by atomic mass is 16.6. The van der Waals surface area contributed by atoms with Crippen LogP contribution in [0.2, 0.25) is 0 Å². The van der Waals surface area contributed by atoms with Crippen molar-refractivity contribution in [2.45, 2.75) is 13.8 Å². The van der Waals surface area contributed by atoms with E-state index in [9.17, 15) is 14.9 Å². The Hall–Kier alpha value is -4.08. The molecule has 0 saturated carbocycles. The molecule has 0 saturated heterocycles. The van der Waals surface area contributed by atoms with E-state index in [1.54, 1.807) is 48.7 Å². The van der Waals surface area contributed by atoms with Crippen LogP contribution in [0.3, 0.4) is 0 Å². The molecule has 0 bridgehead atoms. The molecule has 30 heavy (non-hydrogen) atoms. The fourth-order valence-corrected chi connectivity index (χ4v) is 2.44. The number of ether oxygens (including phenoxy) is 1. The van der Waals surface area contributed by atoms with Crippen molar-refractivity contribution in [2.75, 3.05) is 17.2 Å². The van der Waals surface area contributed by atoms with Gasteiger partial charge in [-0.25, -0.2) is 19.7 Å². The smallest absolute Gasteiger partial charge is 0.353 e. The molecule has 0 aliphatic heterocycles. The first-order valence-corrected chi connectivity index (χ1v) is 9.15. The van der Waals surface area contributed by atoms with Crippen LogP contribution in [0.1, 0.15) is 24.2 Å². The highest BCUT2D eigenvalue weighted by Crippen LogP contribution is 2.32. The number of esters is 1. The number of carbonyl (C=O) groups is 1. The Kier molecular flexibility index (Phi) is 6.48. The number of nitrogens with zero attached hydrogens (tertiary/aromatic N) is 4. The van der Waals surface area contributed by atoms with Crippen LogP contribution in [0.15, 0.2) is 55.0 Å². The molecule has 0 atom stereocenters. The zero-order chi connectivity index (χ0) is 21.5. The van der Waals surface area contributed by atoms with Crippen molar-refractivity contribution < 1.29 is 14.5 Å². The summed E-state index contributed by atoms with van der Waals surface area (Å²) in [5.41, 5.74) is 0.570. The number of hydrogen-bond donors (Lipinski definition) is 2. The SMILES string of the molecule is CC(C)COC(=O)c1ccc(Nc2ncnc(Nc3ccccn3)c2[N+](=O)[O-])cc1. The molecule has 3 aromatic rings. The second-order valence-electron chi connectivity index (χ2n) is 6.71. The number of carbonyl (C=O) groups excluding carboxylic acids is 1. The molecule has 0 fully saturated rings. The molecule has 154 valence electrons. The van der Waals surface area contributed by atoms with E-state index in [1.807, 2.05) is 13.8 Å². The van der Waals surface area contributed by atoms with E-state index >= 15 is 0 Å². The monoisotopic (exact) mass is 408 g/mol. The largest absolute Gasteiger partial charge is 0.462 e. The second-order valence-corrected chi connectivity index (χ2v) is 6.71. The number of pyridine rings is 1. The molecule has 3 rings (SSSR count). The van der Waals surface area contributed by atoms with E-state index in [0.29, 0.717) is 23.7 Å². The molecular weight excluding hydrogens is 388 g/mol. The third-order valence-electron chi connectivity index (χ3n) is 3.85. The van der Waals surface area contributed by atoms with Gasteiger partial charge in [0.05, 0.1) is 17.1 Å². The van der Waals surface area contributed by atoms with Gasteiger partial charge in [0.1, 0.15) is 12.1 Å². The summed E-state index contributed by atoms with van der Waals surface area (Å²) in [6.45, 7) is 4.23. The summed E-state index contributed by atoms with van der Waals surface area (Å²) in [5.74, 6) is 0.232. The number of hydrogen-bond acceptors (Lipinski definition) is 9. The van der Waals surface area contributed by atoms with Crippen LogP contribution in [0.25, 0.3) is 0 Å². The van der Waals surface area contributed by atoms with Crippen molar-refractivity contribution in [3.63, 3.8) is 0 Å². The Labute approximate surface area is 172 Å². The van der Waals surface area contributed by atoms with Gasteiger partial charge < -0.3 is 15.4 Å². The molecule has 0 radical (unpaired) electrons. The molecule has 2 heterocycles. The van der Waals surface area contributed by atoms with Gasteiger partial charge >= 0.3 is 11.7 Å². The number of rotatable bonds is 8. The van der Waals surface area contributed by atoms with Gasteiger partial charge in [-0.3, -0.25) is 10.1 Å². The highest BCUT2D eigenvalue weighted by molar-refractivity contribution is 5.90. The van der Waals surface area contributed by atoms with Crippen LogP contribution < -0.4 is 10.6 Å². The van der Waals surface area contributed by atoms with E-state index in [0.717, 1.165) is 0 Å². The van der Waals surface area contributed by atoms with E-state index in [2.05, 4.69) is 25.6 Å². The Morgan fingerprint density at radius 3 is 2.37 bits per heavy atom. The van der Waals surface area contributed by atoms with Crippen LogP contribution in [0.5, 0.6) is 0 Å². The average molecular weight is 408 g/mol. The van der Waals surface area contributed by atoms with Gasteiger partial charge in [0, 0.05) is 11.9 Å². The quantitative estimate of drug-likeness (QED) is 0.321. The van der Waals surface area contributed by atoms with Crippen molar-refractivity contribution in [1.82, 2.24) is 15.0 Å². The molecule has 0 spiro atoms. The Balaban J connectivity index is 1.80. The van der Waals surface area contributed by atoms with Gasteiger partial charge in [-0.2, -0.15) is 0 Å². The molecule has 2 aromatic heterocycles. The first-order chi connectivity index (χ1) is 14.4. The van der Waals surface area contributed by atoms with E-state index in [-0.39, 0.29) is 23.2 Å². The van der Waals surface area contributed by atoms with Crippen LogP contribution in [-0.4, -0.2) is 32.5 Å². The van der Waals surface area contributed by atoms with Crippen molar-refractivity contribution in [1.29, 1.82) is 0 Å². The molecule has 10 nitrogen and oxygen atoms in total. The minimum Gasteiger partial charge on any atom is -0.462 e. The summed E-state index contributed by atoms with van der Waals surface area (Å²) in [6.07, 6.45) is 2.76. The summed E-state index contributed by atoms with van der Waals surface area (Å²) in [7, 11) is 0. The summed E-state index contributed by atoms with van der Waals surface area (Å²) >= 11 is 0. The third-order valence-corrected chi connectivity index (χ3v) is 3.85. The number of aromatic nitrogens is 3. The lowest BCUT2D eigenvalue weighted by molar-refractivity contribution is -0.383. The van der Waals surface area contributed by atoms with Crippen LogP contribution in [0, 0.1) is 16.0 Å². The van der Waals surface area contributed by atoms with Crippen molar-refractivity contribution in [2.24, 2.45) is 5.92 Å². The summed E-state index contributed by atoms with van der Waals surface area (Å²) < 4.78 is 5.19. The lowest BCUT2D eigenvalue weighted by atomic mass is 10.2. The molecule has 0 aliphatic carbocycles. The summed E-state index contributed by atoms with van der Waals surface area (Å²) in [6, 6.07) is 11.5. The lowest BCUT2D eigenvalue weighted by Gasteiger charge is -2.10. The van der Waals surface area contributed by atoms with Gasteiger partial charge in [0.2, 0.25) is 11.6 Å². The topological polar surface area (TPSA) is 132 Å². The van der Waals surface area contributed by atoms with Crippen molar-refractivity contribution in [3.05, 3.63) is 70.7 Å². The maximum atomic E-state index is 12.0. The maximum absolute atomic E-state index is 12.0. The summed E-state index contributed by atoms with van der Waals surface area (Å²) in [5, 5.41) is 17.4. The normalized spacial score (nSPS) is 10.5. The first-order valence-electron chi connectivity index (χ1n) is 9.15. The van der Waals surface area contributed by atoms with Gasteiger partial charge in [-0.05, 0) is 42.3 Å². The zero-order valence-corrected chi connectivity index (χ0v) is 16.4. The molecule has 1 aromatic carbocycles. The van der Waals surface area contributed by atoms with Gasteiger partial charge in [0.15, 0.2) is 0 Å². The number of nitrogens with one attached hydrogen (secondary N) is 2. The van der Waals surface area contributed by atoms with Crippen LogP contribution in [0.4, 0.5) is 28.8 Å². The molecule has 10 heteroatoms. The van der Waals surface area contributed by atoms with E-state index < -0.39 is 10.9 Å². The van der Waals surface area contributed by atoms with Crippen LogP contribution >= 0.6 is 0 Å². The van der Waals surface area contributed by atoms with Gasteiger partial charge in [-0.15, -0.1) is 0 Å². The lowest BCUT2D eigenvalue weighted by Crippen LogP contribution is -2.10. The predicted molar refractivity (Wildman–Crippen MR) is 111 cm³/mol. The minimum absolute atomic E-state index is 0.00330. The number of anilines is 4. The standard InChI is InChI=1S/C20H20N6O4/c1-13(2)11-30-20(27)14-6-8-15(9-7-14)24-18-17(26(28)29)19(23-12-22-18)25-16-5-3-4-10-21-16/h3-10,12-13H,11H2,1-2H3,(H2,21,22,23,24,25). The van der Waals surface area contributed by atoms with Gasteiger partial charge in [0.25, 0.3) is 0 Å². The zero-order valence-electron chi connectivity index (χ0n) is 16.4. The Bertz CT molecular complexity index is 1030. The maximum Gasteiger partial charge on any atom is 0.353 e. The fourth-order valence-electron chi connectivity index (χ4n) is 2.44. The fraction of sp³-hybridized carbons (Fsp3) is 0.200. The Morgan fingerprint density at radius 2 is 1.77 bits per heavy atom. The molecule has 2 N–H and O–H groups in total. The minimum atomic E-state index is -0.578. The summed E-state index contributed by atoms with van der Waals surface area (Å²) in [4.78, 5) is 35.1. The Morgan fingerprint density at radius 1 is 1.07 bits per heavy atom. The van der Waals surface area contributed by atoms with Crippen molar-refractivity contribution in [3.8, 4) is 0 Å². The highest BCUT2D eigenvalue weighted by Gasteiger charge is 2.23. The van der Waals surface area contributed by atoms with E-state index in [4.69, 9.17) is 4.74 Å². The third kappa shape index (κ3) is 5.25. The predicted octanol–water partition coefficient (Wildman–Crippen LogP) is 4.08. The van der Waals surface area contributed by atoms with E-state index in [1.165, 1.54) is 6.33 Å². The van der Waals surface area contributed by atoms with Gasteiger partial charge in [-0.1, -0.05) is 19.9 Å². The van der Waals surface area contributed by atoms with Crippen LogP contribution in [-0.2, 0) is 4.74 Å². The molecule has 0 unspecified atom stereocenters. The molecule has 0 aliphatic rings. The van der Waals surface area contributed by atoms with Crippen molar-refractivity contribution >= 4 is 34.8 Å². The second kappa shape index (κ2) is 9.41. The first kappa shape index (κ1) is 20.6. The molecular formula is C20H20N6O4. The average Bonchev–Trinajstić information content (AvgIpc) is 2.73. The number of nitro groups is 1.